The molecule has 0 aliphatic rings. The molecule has 0 aromatic rings. The Morgan fingerprint density at radius 2 is 1.94 bits per heavy atom. The van der Waals surface area contributed by atoms with Crippen molar-refractivity contribution in [1.29, 1.82) is 10.5 Å². The predicted octanol–water partition coefficient (Wildman–Crippen LogP) is 2.36. The van der Waals surface area contributed by atoms with Crippen molar-refractivity contribution in [2.75, 3.05) is 0 Å². The predicted molar refractivity (Wildman–Crippen MR) is 51.6 cm³/mol. The third-order valence-electron chi connectivity index (χ3n) is 1.41. The van der Waals surface area contributed by atoms with Crippen LogP contribution < -0.4 is 0 Å². The summed E-state index contributed by atoms with van der Waals surface area (Å²) in [6.45, 7) is 4.00. The number of aliphatic imine (C=N–C) groups is 2. The SMILES string of the molecule is C=N/C(=C(/CC#N)N=C(C)C#N)C(F)(F)F. The first-order valence-corrected chi connectivity index (χ1v) is 3.96. The summed E-state index contributed by atoms with van der Waals surface area (Å²) < 4.78 is 37.2. The van der Waals surface area contributed by atoms with Crippen LogP contribution in [0.5, 0.6) is 0 Å². The lowest BCUT2D eigenvalue weighted by molar-refractivity contribution is -0.0931. The Morgan fingerprint density at radius 3 is 2.25 bits per heavy atom. The van der Waals surface area contributed by atoms with Gasteiger partial charge in [0.1, 0.15) is 11.8 Å². The minimum Gasteiger partial charge on any atom is -0.258 e. The molecule has 0 aromatic heterocycles. The molecule has 0 amide bonds. The maximum Gasteiger partial charge on any atom is 0.435 e. The highest BCUT2D eigenvalue weighted by Crippen LogP contribution is 2.30. The van der Waals surface area contributed by atoms with Gasteiger partial charge in [-0.2, -0.15) is 23.7 Å². The minimum atomic E-state index is -4.74. The molecule has 0 aliphatic carbocycles. The van der Waals surface area contributed by atoms with E-state index in [2.05, 4.69) is 16.7 Å². The number of rotatable bonds is 3. The lowest BCUT2D eigenvalue weighted by Crippen LogP contribution is -2.12. The zero-order valence-corrected chi connectivity index (χ0v) is 8.34. The van der Waals surface area contributed by atoms with E-state index in [-0.39, 0.29) is 5.71 Å². The van der Waals surface area contributed by atoms with Crippen LogP contribution in [0.25, 0.3) is 0 Å². The highest BCUT2D eigenvalue weighted by atomic mass is 19.4. The number of nitriles is 2. The molecule has 4 nitrogen and oxygen atoms in total. The molecule has 84 valence electrons. The molecule has 16 heavy (non-hydrogen) atoms. The van der Waals surface area contributed by atoms with Gasteiger partial charge in [-0.1, -0.05) is 0 Å². The molecule has 0 saturated heterocycles. The van der Waals surface area contributed by atoms with E-state index in [1.807, 2.05) is 0 Å². The molecule has 0 aliphatic heterocycles. The third kappa shape index (κ3) is 3.93. The third-order valence-corrected chi connectivity index (χ3v) is 1.41. The second-order valence-corrected chi connectivity index (χ2v) is 2.60. The maximum atomic E-state index is 12.4. The van der Waals surface area contributed by atoms with Crippen molar-refractivity contribution in [3.8, 4) is 12.1 Å². The summed E-state index contributed by atoms with van der Waals surface area (Å²) in [5, 5.41) is 16.8. The second kappa shape index (κ2) is 5.66. The fourth-order valence-electron chi connectivity index (χ4n) is 0.823. The zero-order valence-electron chi connectivity index (χ0n) is 8.34. The van der Waals surface area contributed by atoms with Gasteiger partial charge in [-0.3, -0.25) is 4.99 Å². The van der Waals surface area contributed by atoms with Crippen LogP contribution in [0.15, 0.2) is 21.4 Å². The van der Waals surface area contributed by atoms with Gasteiger partial charge in [0.25, 0.3) is 0 Å². The molecule has 7 heteroatoms. The molecule has 0 unspecified atom stereocenters. The zero-order chi connectivity index (χ0) is 12.8. The maximum absolute atomic E-state index is 12.4. The van der Waals surface area contributed by atoms with Crippen LogP contribution in [-0.4, -0.2) is 18.6 Å². The smallest absolute Gasteiger partial charge is 0.258 e. The van der Waals surface area contributed by atoms with E-state index >= 15 is 0 Å². The first kappa shape index (κ1) is 13.8. The molecule has 0 rings (SSSR count). The molecule has 0 spiro atoms. The van der Waals surface area contributed by atoms with Crippen molar-refractivity contribution < 1.29 is 13.2 Å². The van der Waals surface area contributed by atoms with Crippen LogP contribution in [0, 0.1) is 22.7 Å². The van der Waals surface area contributed by atoms with Gasteiger partial charge < -0.3 is 0 Å². The van der Waals surface area contributed by atoms with E-state index in [4.69, 9.17) is 10.5 Å². The largest absolute Gasteiger partial charge is 0.435 e. The summed E-state index contributed by atoms with van der Waals surface area (Å²) in [5.74, 6) is 0. The highest BCUT2D eigenvalue weighted by molar-refractivity contribution is 5.97. The van der Waals surface area contributed by atoms with Crippen LogP contribution in [0.3, 0.4) is 0 Å². The summed E-state index contributed by atoms with van der Waals surface area (Å²) >= 11 is 0. The highest BCUT2D eigenvalue weighted by Gasteiger charge is 2.36. The van der Waals surface area contributed by atoms with Gasteiger partial charge in [-0.25, -0.2) is 4.99 Å². The Bertz CT molecular complexity index is 418. The van der Waals surface area contributed by atoms with Crippen LogP contribution in [-0.2, 0) is 0 Å². The molecule has 0 aromatic carbocycles. The van der Waals surface area contributed by atoms with Crippen LogP contribution in [0.1, 0.15) is 13.3 Å². The molecule has 0 atom stereocenters. The number of hydrogen-bond acceptors (Lipinski definition) is 4. The summed E-state index contributed by atoms with van der Waals surface area (Å²) in [6.07, 6.45) is -5.33. The fraction of sp³-hybridized carbons (Fsp3) is 0.333. The van der Waals surface area contributed by atoms with Gasteiger partial charge in [0, 0.05) is 0 Å². The quantitative estimate of drug-likeness (QED) is 0.695. The van der Waals surface area contributed by atoms with E-state index in [9.17, 15) is 13.2 Å². The Kier molecular flexibility index (Phi) is 4.90. The van der Waals surface area contributed by atoms with Crippen molar-refractivity contribution in [2.24, 2.45) is 9.98 Å². The van der Waals surface area contributed by atoms with Crippen molar-refractivity contribution in [2.45, 2.75) is 19.5 Å². The Morgan fingerprint density at radius 1 is 1.38 bits per heavy atom. The van der Waals surface area contributed by atoms with Gasteiger partial charge >= 0.3 is 6.18 Å². The lowest BCUT2D eigenvalue weighted by Gasteiger charge is -2.08. The van der Waals surface area contributed by atoms with Crippen LogP contribution in [0.4, 0.5) is 13.2 Å². The molecule has 0 radical (unpaired) electrons. The lowest BCUT2D eigenvalue weighted by atomic mass is 10.2. The molecule has 0 bridgehead atoms. The molecular weight excluding hydrogens is 221 g/mol. The van der Waals surface area contributed by atoms with Crippen molar-refractivity contribution in [3.05, 3.63) is 11.4 Å². The standard InChI is InChI=1S/C9H7F3N4/c1-6(5-14)16-7(3-4-13)8(15-2)9(10,11)12/h2-3H2,1H3/b8-7-,16-6?. The number of nitrogens with zero attached hydrogens (tertiary/aromatic N) is 4. The Balaban J connectivity index is 5.66. The normalized spacial score (nSPS) is 13.5. The van der Waals surface area contributed by atoms with Gasteiger partial charge in [0.15, 0.2) is 5.70 Å². The Hall–Kier alpha value is -2.15. The van der Waals surface area contributed by atoms with Gasteiger partial charge in [-0.15, -0.1) is 0 Å². The topological polar surface area (TPSA) is 72.3 Å². The Labute approximate surface area is 90.0 Å². The van der Waals surface area contributed by atoms with E-state index in [0.29, 0.717) is 0 Å². The van der Waals surface area contributed by atoms with E-state index in [1.165, 1.54) is 13.0 Å². The van der Waals surface area contributed by atoms with Crippen molar-refractivity contribution in [1.82, 2.24) is 0 Å². The monoisotopic (exact) mass is 228 g/mol. The number of allylic oxidation sites excluding steroid dienone is 2. The first-order chi connectivity index (χ1) is 7.36. The van der Waals surface area contributed by atoms with E-state index in [1.54, 1.807) is 6.07 Å². The number of halogens is 3. The first-order valence-electron chi connectivity index (χ1n) is 3.96. The molecular formula is C9H7F3N4. The summed E-state index contributed by atoms with van der Waals surface area (Å²) in [4.78, 5) is 6.18. The second-order valence-electron chi connectivity index (χ2n) is 2.60. The molecule has 0 heterocycles. The van der Waals surface area contributed by atoms with Gasteiger partial charge in [-0.05, 0) is 13.6 Å². The van der Waals surface area contributed by atoms with Crippen molar-refractivity contribution >= 4 is 12.4 Å². The molecule has 0 fully saturated rings. The average Bonchev–Trinajstić information content (AvgIpc) is 2.16. The number of alkyl halides is 3. The van der Waals surface area contributed by atoms with Gasteiger partial charge in [0.05, 0.1) is 18.2 Å². The van der Waals surface area contributed by atoms with E-state index in [0.717, 1.165) is 0 Å². The summed E-state index contributed by atoms with van der Waals surface area (Å²) in [7, 11) is 0. The number of hydrogen-bond donors (Lipinski definition) is 0. The van der Waals surface area contributed by atoms with Crippen LogP contribution >= 0.6 is 0 Å². The van der Waals surface area contributed by atoms with Crippen molar-refractivity contribution in [3.63, 3.8) is 0 Å². The fourth-order valence-corrected chi connectivity index (χ4v) is 0.823. The molecule has 0 N–H and O–H groups in total. The van der Waals surface area contributed by atoms with E-state index < -0.39 is 24.0 Å². The summed E-state index contributed by atoms with van der Waals surface area (Å²) in [6, 6.07) is 3.08. The average molecular weight is 228 g/mol. The molecule has 0 saturated carbocycles. The van der Waals surface area contributed by atoms with Crippen LogP contribution in [0.2, 0.25) is 0 Å². The van der Waals surface area contributed by atoms with Gasteiger partial charge in [0.2, 0.25) is 0 Å². The summed E-state index contributed by atoms with van der Waals surface area (Å²) in [5.41, 5.74) is -2.14. The minimum absolute atomic E-state index is 0.185.